The molecule has 12 heavy (non-hydrogen) atoms. The summed E-state index contributed by atoms with van der Waals surface area (Å²) in [6.45, 7) is -0.364. The molecule has 1 unspecified atom stereocenters. The van der Waals surface area contributed by atoms with Crippen molar-refractivity contribution in [1.82, 2.24) is 11.5 Å². The molecular weight excluding hydrogens is 184 g/mol. The number of thiol groups is 1. The second-order valence-corrected chi connectivity index (χ2v) is 2.21. The largest absolute Gasteiger partial charge is 0.480 e. The third-order valence-corrected chi connectivity index (χ3v) is 1.35. The zero-order chi connectivity index (χ0) is 8.85. The Labute approximate surface area is 75.0 Å². The fraction of sp³-hybridized carbons (Fsp3) is 0.600. The Hall–Kier alpha value is -0.790. The quantitative estimate of drug-likeness (QED) is 0.367. The highest BCUT2D eigenvalue weighted by Gasteiger charge is 2.14. The van der Waals surface area contributed by atoms with Gasteiger partial charge in [-0.1, -0.05) is 0 Å². The average molecular weight is 196 g/mol. The van der Waals surface area contributed by atoms with E-state index in [2.05, 4.69) is 17.9 Å². The molecule has 72 valence electrons. The maximum absolute atomic E-state index is 10.2. The van der Waals surface area contributed by atoms with Gasteiger partial charge in [0.05, 0.1) is 6.54 Å². The summed E-state index contributed by atoms with van der Waals surface area (Å²) in [5.74, 6) is -2.11. The Morgan fingerprint density at radius 3 is 2.17 bits per heavy atom. The van der Waals surface area contributed by atoms with Crippen LogP contribution in [0.1, 0.15) is 0 Å². The number of carbonyl (C=O) groups is 2. The summed E-state index contributed by atoms with van der Waals surface area (Å²) in [4.78, 5) is 20.2. The fourth-order valence-corrected chi connectivity index (χ4v) is 0.726. The summed E-state index contributed by atoms with van der Waals surface area (Å²) in [6, 6.07) is -0.894. The van der Waals surface area contributed by atoms with Crippen molar-refractivity contribution in [2.45, 2.75) is 6.04 Å². The van der Waals surface area contributed by atoms with Gasteiger partial charge in [-0.2, -0.15) is 12.6 Å². The molecule has 0 bridgehead atoms. The molecule has 6 N–H and O–H groups in total. The van der Waals surface area contributed by atoms with Crippen LogP contribution >= 0.6 is 12.6 Å². The molecule has 0 fully saturated rings. The van der Waals surface area contributed by atoms with Crippen molar-refractivity contribution >= 4 is 24.6 Å². The minimum Gasteiger partial charge on any atom is -0.480 e. The Bertz CT molecular complexity index is 164. The molecule has 0 aromatic carbocycles. The van der Waals surface area contributed by atoms with E-state index in [0.717, 1.165) is 0 Å². The normalized spacial score (nSPS) is 11.4. The van der Waals surface area contributed by atoms with Crippen LogP contribution in [-0.4, -0.2) is 40.5 Å². The van der Waals surface area contributed by atoms with Crippen LogP contribution in [0.25, 0.3) is 0 Å². The van der Waals surface area contributed by atoms with Crippen LogP contribution in [-0.2, 0) is 9.59 Å². The summed E-state index contributed by atoms with van der Waals surface area (Å²) in [6.07, 6.45) is 0. The van der Waals surface area contributed by atoms with Crippen molar-refractivity contribution in [3.05, 3.63) is 0 Å². The second-order valence-electron chi connectivity index (χ2n) is 1.85. The maximum atomic E-state index is 10.2. The van der Waals surface area contributed by atoms with Gasteiger partial charge in [-0.05, 0) is 0 Å². The van der Waals surface area contributed by atoms with E-state index in [1.165, 1.54) is 0 Å². The standard InChI is InChI=1S/C5H9NO4S.H3N/c7-4(8)1-6-3(2-11)5(9)10;/h3,6,11H,1-2H2,(H,7,8)(H,9,10);1H3. The van der Waals surface area contributed by atoms with Gasteiger partial charge in [-0.3, -0.25) is 14.9 Å². The number of nitrogens with one attached hydrogen (secondary N) is 1. The molecule has 0 amide bonds. The summed E-state index contributed by atoms with van der Waals surface area (Å²) in [7, 11) is 0. The van der Waals surface area contributed by atoms with Crippen molar-refractivity contribution in [2.24, 2.45) is 0 Å². The third kappa shape index (κ3) is 5.96. The summed E-state index contributed by atoms with van der Waals surface area (Å²) in [5, 5.41) is 18.8. The van der Waals surface area contributed by atoms with E-state index >= 15 is 0 Å². The van der Waals surface area contributed by atoms with Gasteiger partial charge < -0.3 is 16.4 Å². The van der Waals surface area contributed by atoms with E-state index in [-0.39, 0.29) is 18.4 Å². The van der Waals surface area contributed by atoms with Gasteiger partial charge in [0.2, 0.25) is 0 Å². The molecule has 0 aromatic heterocycles. The SMILES string of the molecule is N.O=C(O)CNC(CS)C(=O)O. The molecule has 1 atom stereocenters. The molecule has 0 radical (unpaired) electrons. The first-order chi connectivity index (χ1) is 5.07. The van der Waals surface area contributed by atoms with Crippen molar-refractivity contribution in [1.29, 1.82) is 0 Å². The van der Waals surface area contributed by atoms with Crippen molar-refractivity contribution < 1.29 is 19.8 Å². The lowest BCUT2D eigenvalue weighted by molar-refractivity contribution is -0.139. The first kappa shape index (κ1) is 13.8. The van der Waals surface area contributed by atoms with E-state index in [1.807, 2.05) is 0 Å². The summed E-state index contributed by atoms with van der Waals surface area (Å²) >= 11 is 3.72. The molecule has 0 spiro atoms. The van der Waals surface area contributed by atoms with E-state index in [4.69, 9.17) is 10.2 Å². The van der Waals surface area contributed by atoms with Crippen LogP contribution in [0.4, 0.5) is 0 Å². The van der Waals surface area contributed by atoms with Gasteiger partial charge in [0.1, 0.15) is 6.04 Å². The first-order valence-electron chi connectivity index (χ1n) is 2.86. The molecule has 0 aliphatic heterocycles. The van der Waals surface area contributed by atoms with E-state index < -0.39 is 18.0 Å². The average Bonchev–Trinajstić information content (AvgIpc) is 1.87. The van der Waals surface area contributed by atoms with Gasteiger partial charge in [0.15, 0.2) is 0 Å². The molecule has 6 nitrogen and oxygen atoms in total. The summed E-state index contributed by atoms with van der Waals surface area (Å²) < 4.78 is 0. The monoisotopic (exact) mass is 196 g/mol. The predicted molar refractivity (Wildman–Crippen MR) is 45.9 cm³/mol. The van der Waals surface area contributed by atoms with Crippen LogP contribution < -0.4 is 11.5 Å². The number of rotatable bonds is 5. The molecule has 0 saturated heterocycles. The van der Waals surface area contributed by atoms with Gasteiger partial charge in [-0.25, -0.2) is 0 Å². The van der Waals surface area contributed by atoms with Gasteiger partial charge in [-0.15, -0.1) is 0 Å². The van der Waals surface area contributed by atoms with E-state index in [1.54, 1.807) is 0 Å². The number of hydrogen-bond donors (Lipinski definition) is 5. The van der Waals surface area contributed by atoms with Crippen LogP contribution in [0.5, 0.6) is 0 Å². The van der Waals surface area contributed by atoms with Crippen LogP contribution in [0.15, 0.2) is 0 Å². The van der Waals surface area contributed by atoms with Gasteiger partial charge in [0, 0.05) is 5.75 Å². The molecular formula is C5H12N2O4S. The van der Waals surface area contributed by atoms with E-state index in [9.17, 15) is 9.59 Å². The maximum Gasteiger partial charge on any atom is 0.321 e. The lowest BCUT2D eigenvalue weighted by Crippen LogP contribution is -2.40. The number of hydrogen-bond acceptors (Lipinski definition) is 5. The van der Waals surface area contributed by atoms with Crippen LogP contribution in [0.3, 0.4) is 0 Å². The van der Waals surface area contributed by atoms with Gasteiger partial charge >= 0.3 is 11.9 Å². The topological polar surface area (TPSA) is 122 Å². The molecule has 7 heteroatoms. The van der Waals surface area contributed by atoms with Crippen LogP contribution in [0.2, 0.25) is 0 Å². The first-order valence-corrected chi connectivity index (χ1v) is 3.50. The van der Waals surface area contributed by atoms with Crippen molar-refractivity contribution in [2.75, 3.05) is 12.3 Å². The number of aliphatic carboxylic acids is 2. The zero-order valence-corrected chi connectivity index (χ0v) is 7.25. The van der Waals surface area contributed by atoms with Crippen LogP contribution in [0, 0.1) is 0 Å². The smallest absolute Gasteiger partial charge is 0.321 e. The van der Waals surface area contributed by atoms with E-state index in [0.29, 0.717) is 0 Å². The molecule has 0 aromatic rings. The Morgan fingerprint density at radius 2 is 1.92 bits per heavy atom. The minimum atomic E-state index is -1.10. The lowest BCUT2D eigenvalue weighted by Gasteiger charge is -2.08. The van der Waals surface area contributed by atoms with Crippen molar-refractivity contribution in [3.63, 3.8) is 0 Å². The van der Waals surface area contributed by atoms with Crippen molar-refractivity contribution in [3.8, 4) is 0 Å². The number of carboxylic acids is 2. The summed E-state index contributed by atoms with van der Waals surface area (Å²) in [5.41, 5.74) is 0. The fourth-order valence-electron chi connectivity index (χ4n) is 0.440. The molecule has 0 saturated carbocycles. The third-order valence-electron chi connectivity index (χ3n) is 0.980. The highest BCUT2D eigenvalue weighted by Crippen LogP contribution is 1.86. The lowest BCUT2D eigenvalue weighted by atomic mass is 10.3. The zero-order valence-electron chi connectivity index (χ0n) is 6.36. The molecule has 0 aliphatic carbocycles. The Morgan fingerprint density at radius 1 is 1.42 bits per heavy atom. The molecule has 0 aliphatic rings. The predicted octanol–water partition coefficient (Wildman–Crippen LogP) is -0.794. The number of carboxylic acid groups (broad SMARTS) is 2. The minimum absolute atomic E-state index is 0. The van der Waals surface area contributed by atoms with Gasteiger partial charge in [0.25, 0.3) is 0 Å². The Kier molecular flexibility index (Phi) is 7.91. The Balaban J connectivity index is 0. The highest BCUT2D eigenvalue weighted by molar-refractivity contribution is 7.80. The highest BCUT2D eigenvalue weighted by atomic mass is 32.1. The molecule has 0 rings (SSSR count). The molecule has 0 heterocycles. The second kappa shape index (κ2) is 6.89.